The van der Waals surface area contributed by atoms with E-state index in [4.69, 9.17) is 0 Å². The third-order valence-electron chi connectivity index (χ3n) is 5.10. The highest BCUT2D eigenvalue weighted by atomic mass is 14.9. The van der Waals surface area contributed by atoms with Crippen LogP contribution in [0, 0.1) is 18.8 Å². The maximum absolute atomic E-state index is 3.61. The van der Waals surface area contributed by atoms with Crippen LogP contribution in [0.4, 0.5) is 0 Å². The molecule has 1 aliphatic carbocycles. The van der Waals surface area contributed by atoms with Gasteiger partial charge in [0, 0.05) is 5.92 Å². The van der Waals surface area contributed by atoms with Crippen LogP contribution in [0.15, 0.2) is 48.5 Å². The minimum Gasteiger partial charge on any atom is -0.316 e. The largest absolute Gasteiger partial charge is 0.316 e. The molecule has 0 radical (unpaired) electrons. The van der Waals surface area contributed by atoms with E-state index >= 15 is 0 Å². The van der Waals surface area contributed by atoms with Gasteiger partial charge in [0.2, 0.25) is 0 Å². The highest BCUT2D eigenvalue weighted by Gasteiger charge is 2.39. The zero-order valence-corrected chi connectivity index (χ0v) is 12.0. The second-order valence-electron chi connectivity index (χ2n) is 6.38. The molecule has 1 heterocycles. The van der Waals surface area contributed by atoms with Crippen LogP contribution in [-0.4, -0.2) is 13.1 Å². The lowest BCUT2D eigenvalue weighted by atomic mass is 9.68. The maximum Gasteiger partial charge on any atom is 0.0136 e. The van der Waals surface area contributed by atoms with Crippen molar-refractivity contribution in [2.45, 2.75) is 19.3 Å². The van der Waals surface area contributed by atoms with Crippen LogP contribution in [0.3, 0.4) is 0 Å². The third kappa shape index (κ3) is 1.89. The van der Waals surface area contributed by atoms with Gasteiger partial charge < -0.3 is 5.32 Å². The molecule has 2 aromatic rings. The standard InChI is InChI=1S/C19H21N/c1-13-7-8-15-10-16-11-20-12-18(16)19(17(15)9-13)14-5-3-2-4-6-14/h2-9,16,18-20H,10-12H2,1H3. The van der Waals surface area contributed by atoms with Crippen LogP contribution in [0.5, 0.6) is 0 Å². The molecule has 1 saturated heterocycles. The van der Waals surface area contributed by atoms with Crippen LogP contribution < -0.4 is 5.32 Å². The number of nitrogens with one attached hydrogen (secondary N) is 1. The van der Waals surface area contributed by atoms with E-state index in [2.05, 4.69) is 60.8 Å². The smallest absolute Gasteiger partial charge is 0.0136 e. The molecular formula is C19H21N. The molecule has 1 aliphatic heterocycles. The second-order valence-corrected chi connectivity index (χ2v) is 6.38. The van der Waals surface area contributed by atoms with Crippen LogP contribution in [0.2, 0.25) is 0 Å². The Morgan fingerprint density at radius 2 is 1.85 bits per heavy atom. The van der Waals surface area contributed by atoms with Crippen LogP contribution in [-0.2, 0) is 6.42 Å². The highest BCUT2D eigenvalue weighted by molar-refractivity contribution is 5.44. The molecule has 1 nitrogen and oxygen atoms in total. The minimum absolute atomic E-state index is 0.569. The highest BCUT2D eigenvalue weighted by Crippen LogP contribution is 2.45. The van der Waals surface area contributed by atoms with Crippen LogP contribution in [0.1, 0.15) is 28.2 Å². The summed E-state index contributed by atoms with van der Waals surface area (Å²) in [5.41, 5.74) is 6.00. The van der Waals surface area contributed by atoms with Gasteiger partial charge in [-0.25, -0.2) is 0 Å². The van der Waals surface area contributed by atoms with Crippen molar-refractivity contribution in [1.29, 1.82) is 0 Å². The quantitative estimate of drug-likeness (QED) is 0.830. The predicted octanol–water partition coefficient (Wildman–Crippen LogP) is 3.52. The Labute approximate surface area is 121 Å². The van der Waals surface area contributed by atoms with Gasteiger partial charge in [0.15, 0.2) is 0 Å². The van der Waals surface area contributed by atoms with Crippen molar-refractivity contribution >= 4 is 0 Å². The summed E-state index contributed by atoms with van der Waals surface area (Å²) in [7, 11) is 0. The summed E-state index contributed by atoms with van der Waals surface area (Å²) in [5.74, 6) is 2.13. The summed E-state index contributed by atoms with van der Waals surface area (Å²) >= 11 is 0. The first kappa shape index (κ1) is 12.2. The Morgan fingerprint density at radius 1 is 1.00 bits per heavy atom. The van der Waals surface area contributed by atoms with Crippen molar-refractivity contribution in [2.75, 3.05) is 13.1 Å². The van der Waals surface area contributed by atoms with E-state index < -0.39 is 0 Å². The molecule has 1 N–H and O–H groups in total. The van der Waals surface area contributed by atoms with Gasteiger partial charge in [-0.2, -0.15) is 0 Å². The van der Waals surface area contributed by atoms with Gasteiger partial charge >= 0.3 is 0 Å². The molecule has 2 aliphatic rings. The van der Waals surface area contributed by atoms with Crippen molar-refractivity contribution in [3.63, 3.8) is 0 Å². The number of fused-ring (bicyclic) bond motifs is 2. The molecule has 1 fully saturated rings. The molecule has 3 unspecified atom stereocenters. The lowest BCUT2D eigenvalue weighted by Gasteiger charge is -2.36. The molecule has 4 rings (SSSR count). The second kappa shape index (κ2) is 4.75. The van der Waals surface area contributed by atoms with E-state index in [0.29, 0.717) is 5.92 Å². The summed E-state index contributed by atoms with van der Waals surface area (Å²) in [6.45, 7) is 4.56. The van der Waals surface area contributed by atoms with Gasteiger partial charge in [0.25, 0.3) is 0 Å². The fourth-order valence-electron chi connectivity index (χ4n) is 4.16. The van der Waals surface area contributed by atoms with E-state index in [9.17, 15) is 0 Å². The fourth-order valence-corrected chi connectivity index (χ4v) is 4.16. The van der Waals surface area contributed by atoms with E-state index in [1.807, 2.05) is 0 Å². The van der Waals surface area contributed by atoms with Gasteiger partial charge in [0.1, 0.15) is 0 Å². The third-order valence-corrected chi connectivity index (χ3v) is 5.10. The Morgan fingerprint density at radius 3 is 2.70 bits per heavy atom. The van der Waals surface area contributed by atoms with Crippen LogP contribution in [0.25, 0.3) is 0 Å². The van der Waals surface area contributed by atoms with Crippen LogP contribution >= 0.6 is 0 Å². The average molecular weight is 263 g/mol. The van der Waals surface area contributed by atoms with Gasteiger partial charge in [-0.05, 0) is 55.0 Å². The predicted molar refractivity (Wildman–Crippen MR) is 83.0 cm³/mol. The summed E-state index contributed by atoms with van der Waals surface area (Å²) in [5, 5.41) is 3.61. The summed E-state index contributed by atoms with van der Waals surface area (Å²) in [4.78, 5) is 0. The fraction of sp³-hybridized carbons (Fsp3) is 0.368. The molecule has 2 aromatic carbocycles. The summed E-state index contributed by atoms with van der Waals surface area (Å²) in [6.07, 6.45) is 1.25. The van der Waals surface area contributed by atoms with E-state index in [0.717, 1.165) is 18.4 Å². The van der Waals surface area contributed by atoms with Gasteiger partial charge in [0.05, 0.1) is 0 Å². The first-order chi connectivity index (χ1) is 9.83. The SMILES string of the molecule is Cc1ccc2c(c1)C(c1ccccc1)C1CNCC1C2. The Balaban J connectivity index is 1.88. The zero-order chi connectivity index (χ0) is 13.5. The summed E-state index contributed by atoms with van der Waals surface area (Å²) < 4.78 is 0. The number of rotatable bonds is 1. The molecule has 0 amide bonds. The first-order valence-corrected chi connectivity index (χ1v) is 7.68. The van der Waals surface area contributed by atoms with Crippen molar-refractivity contribution in [1.82, 2.24) is 5.32 Å². The maximum atomic E-state index is 3.61. The molecule has 20 heavy (non-hydrogen) atoms. The Bertz CT molecular complexity index is 617. The monoisotopic (exact) mass is 263 g/mol. The van der Waals surface area contributed by atoms with Crippen molar-refractivity contribution in [2.24, 2.45) is 11.8 Å². The minimum atomic E-state index is 0.569. The zero-order valence-electron chi connectivity index (χ0n) is 12.0. The molecule has 0 saturated carbocycles. The molecule has 0 aromatic heterocycles. The molecular weight excluding hydrogens is 242 g/mol. The first-order valence-electron chi connectivity index (χ1n) is 7.68. The summed E-state index contributed by atoms with van der Waals surface area (Å²) in [6, 6.07) is 18.1. The molecule has 0 spiro atoms. The lowest BCUT2D eigenvalue weighted by molar-refractivity contribution is 0.353. The Hall–Kier alpha value is -1.60. The Kier molecular flexibility index (Phi) is 2.89. The topological polar surface area (TPSA) is 12.0 Å². The van der Waals surface area contributed by atoms with Crippen molar-refractivity contribution in [3.05, 3.63) is 70.8 Å². The number of aryl methyl sites for hydroxylation is 1. The average Bonchev–Trinajstić information content (AvgIpc) is 2.93. The number of hydrogen-bond acceptors (Lipinski definition) is 1. The van der Waals surface area contributed by atoms with Gasteiger partial charge in [-0.15, -0.1) is 0 Å². The molecule has 0 bridgehead atoms. The van der Waals surface area contributed by atoms with Gasteiger partial charge in [-0.3, -0.25) is 0 Å². The number of hydrogen-bond donors (Lipinski definition) is 1. The lowest BCUT2D eigenvalue weighted by Crippen LogP contribution is -2.29. The van der Waals surface area contributed by atoms with E-state index in [-0.39, 0.29) is 0 Å². The molecule has 3 atom stereocenters. The normalized spacial score (nSPS) is 27.9. The van der Waals surface area contributed by atoms with Crippen molar-refractivity contribution in [3.8, 4) is 0 Å². The molecule has 102 valence electrons. The van der Waals surface area contributed by atoms with E-state index in [1.165, 1.54) is 24.1 Å². The van der Waals surface area contributed by atoms with Gasteiger partial charge in [-0.1, -0.05) is 54.1 Å². The number of benzene rings is 2. The van der Waals surface area contributed by atoms with Crippen molar-refractivity contribution < 1.29 is 0 Å². The molecule has 1 heteroatoms. The van der Waals surface area contributed by atoms with E-state index in [1.54, 1.807) is 11.1 Å².